The molecule has 0 aliphatic heterocycles. The van der Waals surface area contributed by atoms with E-state index in [1.807, 2.05) is 6.92 Å². The van der Waals surface area contributed by atoms with Crippen molar-refractivity contribution in [2.24, 2.45) is 17.6 Å². The lowest BCUT2D eigenvalue weighted by atomic mass is 9.92. The molecule has 60 valence electrons. The van der Waals surface area contributed by atoms with Gasteiger partial charge in [0.05, 0.1) is 0 Å². The summed E-state index contributed by atoms with van der Waals surface area (Å²) in [6.07, 6.45) is 0.527. The highest BCUT2D eigenvalue weighted by atomic mass is 16.1. The number of Topliss-reactive ketones (excluding diaryl/α,β-unsaturated/α-hetero) is 1. The van der Waals surface area contributed by atoms with Gasteiger partial charge in [-0.15, -0.1) is 0 Å². The minimum Gasteiger partial charge on any atom is -0.330 e. The third-order valence-corrected chi connectivity index (χ3v) is 1.90. The average Bonchev–Trinajstić information content (AvgIpc) is 1.87. The van der Waals surface area contributed by atoms with Crippen LogP contribution in [0.4, 0.5) is 0 Å². The Morgan fingerprint density at radius 2 is 1.90 bits per heavy atom. The summed E-state index contributed by atoms with van der Waals surface area (Å²) in [5.74, 6) is 0.903. The fourth-order valence-corrected chi connectivity index (χ4v) is 0.742. The molecule has 0 aliphatic rings. The van der Waals surface area contributed by atoms with Crippen molar-refractivity contribution in [2.45, 2.75) is 27.2 Å². The maximum absolute atomic E-state index is 11.1. The van der Waals surface area contributed by atoms with Gasteiger partial charge < -0.3 is 5.73 Å². The van der Waals surface area contributed by atoms with Crippen molar-refractivity contribution < 1.29 is 4.79 Å². The van der Waals surface area contributed by atoms with Crippen LogP contribution in [0, 0.1) is 11.8 Å². The van der Waals surface area contributed by atoms with E-state index in [0.29, 0.717) is 18.9 Å². The summed E-state index contributed by atoms with van der Waals surface area (Å²) in [5, 5.41) is 0. The van der Waals surface area contributed by atoms with Crippen molar-refractivity contribution in [3.05, 3.63) is 0 Å². The van der Waals surface area contributed by atoms with Crippen molar-refractivity contribution in [2.75, 3.05) is 6.54 Å². The molecule has 0 fully saturated rings. The summed E-state index contributed by atoms with van der Waals surface area (Å²) in [6, 6.07) is 0. The Labute approximate surface area is 62.8 Å². The molecule has 0 aromatic carbocycles. The molecular weight excluding hydrogens is 126 g/mol. The molecule has 0 aromatic heterocycles. The van der Waals surface area contributed by atoms with Crippen molar-refractivity contribution in [1.82, 2.24) is 0 Å². The Kier molecular flexibility index (Phi) is 4.28. The molecule has 0 bridgehead atoms. The van der Waals surface area contributed by atoms with Gasteiger partial charge in [0.1, 0.15) is 5.78 Å². The lowest BCUT2D eigenvalue weighted by molar-refractivity contribution is -0.123. The number of rotatable bonds is 4. The van der Waals surface area contributed by atoms with Crippen LogP contribution in [0.3, 0.4) is 0 Å². The zero-order valence-electron chi connectivity index (χ0n) is 7.05. The van der Waals surface area contributed by atoms with Crippen molar-refractivity contribution in [3.63, 3.8) is 0 Å². The maximum Gasteiger partial charge on any atom is 0.137 e. The molecule has 0 heterocycles. The molecule has 2 N–H and O–H groups in total. The molecule has 0 saturated heterocycles. The van der Waals surface area contributed by atoms with Crippen LogP contribution < -0.4 is 5.73 Å². The molecular formula is C8H17NO. The molecule has 0 amide bonds. The molecule has 2 nitrogen and oxygen atoms in total. The minimum absolute atomic E-state index is 0.170. The molecule has 0 saturated carbocycles. The summed E-state index contributed by atoms with van der Waals surface area (Å²) >= 11 is 0. The summed E-state index contributed by atoms with van der Waals surface area (Å²) in [5.41, 5.74) is 5.25. The van der Waals surface area contributed by atoms with E-state index in [-0.39, 0.29) is 11.7 Å². The van der Waals surface area contributed by atoms with Gasteiger partial charge in [-0.1, -0.05) is 20.8 Å². The van der Waals surface area contributed by atoms with Crippen molar-refractivity contribution >= 4 is 5.78 Å². The smallest absolute Gasteiger partial charge is 0.137 e. The van der Waals surface area contributed by atoms with E-state index >= 15 is 0 Å². The zero-order chi connectivity index (χ0) is 8.15. The Morgan fingerprint density at radius 1 is 1.40 bits per heavy atom. The van der Waals surface area contributed by atoms with Gasteiger partial charge in [-0.3, -0.25) is 4.79 Å². The predicted octanol–water partition coefficient (Wildman–Crippen LogP) is 1.20. The van der Waals surface area contributed by atoms with Gasteiger partial charge in [0.25, 0.3) is 0 Å². The minimum atomic E-state index is 0.170. The van der Waals surface area contributed by atoms with Crippen LogP contribution in [0.25, 0.3) is 0 Å². The second-order valence-electron chi connectivity index (χ2n) is 3.04. The Bertz CT molecular complexity index is 110. The lowest BCUT2D eigenvalue weighted by Gasteiger charge is -2.12. The average molecular weight is 143 g/mol. The van der Waals surface area contributed by atoms with Gasteiger partial charge in [0.2, 0.25) is 0 Å². The van der Waals surface area contributed by atoms with E-state index in [4.69, 9.17) is 5.73 Å². The maximum atomic E-state index is 11.1. The van der Waals surface area contributed by atoms with Crippen LogP contribution >= 0.6 is 0 Å². The number of hydrogen-bond donors (Lipinski definition) is 1. The van der Waals surface area contributed by atoms with Gasteiger partial charge >= 0.3 is 0 Å². The highest BCUT2D eigenvalue weighted by Crippen LogP contribution is 2.11. The monoisotopic (exact) mass is 143 g/mol. The largest absolute Gasteiger partial charge is 0.330 e. The Hall–Kier alpha value is -0.370. The fraction of sp³-hybridized carbons (Fsp3) is 0.875. The summed E-state index contributed by atoms with van der Waals surface area (Å²) < 4.78 is 0. The SMILES string of the molecule is CC(C)C(C)C(=O)CCN. The number of carbonyl (C=O) groups excluding carboxylic acids is 1. The highest BCUT2D eigenvalue weighted by molar-refractivity contribution is 5.80. The number of hydrogen-bond acceptors (Lipinski definition) is 2. The third-order valence-electron chi connectivity index (χ3n) is 1.90. The standard InChI is InChI=1S/C8H17NO/c1-6(2)7(3)8(10)4-5-9/h6-7H,4-5,9H2,1-3H3. The molecule has 0 aliphatic carbocycles. The van der Waals surface area contributed by atoms with Crippen LogP contribution in [0.2, 0.25) is 0 Å². The third kappa shape index (κ3) is 2.97. The number of carbonyl (C=O) groups is 1. The molecule has 1 atom stereocenters. The van der Waals surface area contributed by atoms with E-state index in [9.17, 15) is 4.79 Å². The molecule has 0 aromatic rings. The molecule has 0 spiro atoms. The Balaban J connectivity index is 3.71. The second kappa shape index (κ2) is 4.45. The highest BCUT2D eigenvalue weighted by Gasteiger charge is 2.14. The fourth-order valence-electron chi connectivity index (χ4n) is 0.742. The molecule has 2 heteroatoms. The van der Waals surface area contributed by atoms with E-state index in [0.717, 1.165) is 0 Å². The first-order valence-electron chi connectivity index (χ1n) is 3.82. The van der Waals surface area contributed by atoms with Gasteiger partial charge in [-0.25, -0.2) is 0 Å². The predicted molar refractivity (Wildman–Crippen MR) is 42.7 cm³/mol. The summed E-state index contributed by atoms with van der Waals surface area (Å²) in [7, 11) is 0. The van der Waals surface area contributed by atoms with Crippen LogP contribution in [0.1, 0.15) is 27.2 Å². The van der Waals surface area contributed by atoms with Crippen LogP contribution in [0.5, 0.6) is 0 Å². The molecule has 0 radical (unpaired) electrons. The Morgan fingerprint density at radius 3 is 2.20 bits per heavy atom. The first kappa shape index (κ1) is 9.63. The van der Waals surface area contributed by atoms with E-state index in [1.54, 1.807) is 0 Å². The van der Waals surface area contributed by atoms with Gasteiger partial charge in [0.15, 0.2) is 0 Å². The second-order valence-corrected chi connectivity index (χ2v) is 3.04. The molecule has 10 heavy (non-hydrogen) atoms. The number of nitrogens with two attached hydrogens (primary N) is 1. The van der Waals surface area contributed by atoms with Crippen molar-refractivity contribution in [3.8, 4) is 0 Å². The normalized spacial score (nSPS) is 13.7. The van der Waals surface area contributed by atoms with Gasteiger partial charge in [0, 0.05) is 12.3 Å². The van der Waals surface area contributed by atoms with E-state index in [2.05, 4.69) is 13.8 Å². The van der Waals surface area contributed by atoms with E-state index < -0.39 is 0 Å². The van der Waals surface area contributed by atoms with Crippen molar-refractivity contribution in [1.29, 1.82) is 0 Å². The topological polar surface area (TPSA) is 43.1 Å². The van der Waals surface area contributed by atoms with Gasteiger partial charge in [-0.05, 0) is 12.5 Å². The van der Waals surface area contributed by atoms with Crippen LogP contribution in [0.15, 0.2) is 0 Å². The zero-order valence-corrected chi connectivity index (χ0v) is 7.05. The van der Waals surface area contributed by atoms with Crippen LogP contribution in [-0.4, -0.2) is 12.3 Å². The summed E-state index contributed by atoms with van der Waals surface area (Å²) in [4.78, 5) is 11.1. The summed E-state index contributed by atoms with van der Waals surface area (Å²) in [6.45, 7) is 6.55. The lowest BCUT2D eigenvalue weighted by Crippen LogP contribution is -2.19. The first-order valence-corrected chi connectivity index (χ1v) is 3.82. The molecule has 0 rings (SSSR count). The molecule has 1 unspecified atom stereocenters. The van der Waals surface area contributed by atoms with Crippen LogP contribution in [-0.2, 0) is 4.79 Å². The first-order chi connectivity index (χ1) is 4.59. The quantitative estimate of drug-likeness (QED) is 0.642. The van der Waals surface area contributed by atoms with Gasteiger partial charge in [-0.2, -0.15) is 0 Å². The van der Waals surface area contributed by atoms with E-state index in [1.165, 1.54) is 0 Å². The number of ketones is 1.